The Balaban J connectivity index is 1.80. The van der Waals surface area contributed by atoms with E-state index in [1.165, 1.54) is 5.56 Å². The van der Waals surface area contributed by atoms with E-state index in [1.807, 2.05) is 12.1 Å². The number of hydrogen-bond acceptors (Lipinski definition) is 4. The molecule has 0 spiro atoms. The van der Waals surface area contributed by atoms with Crippen molar-refractivity contribution in [2.75, 3.05) is 17.6 Å². The lowest BCUT2D eigenvalue weighted by Gasteiger charge is -2.12. The Morgan fingerprint density at radius 2 is 1.89 bits per heavy atom. The van der Waals surface area contributed by atoms with Crippen molar-refractivity contribution in [1.82, 2.24) is 10.2 Å². The van der Waals surface area contributed by atoms with Gasteiger partial charge >= 0.3 is 0 Å². The van der Waals surface area contributed by atoms with Crippen LogP contribution in [0.5, 0.6) is 0 Å². The van der Waals surface area contributed by atoms with Crippen molar-refractivity contribution in [2.45, 2.75) is 19.3 Å². The summed E-state index contributed by atoms with van der Waals surface area (Å²) in [5, 5.41) is 11.0. The Morgan fingerprint density at radius 1 is 1.11 bits per heavy atom. The first-order chi connectivity index (χ1) is 8.75. The highest BCUT2D eigenvalue weighted by atomic mass is 15.2. The van der Waals surface area contributed by atoms with Gasteiger partial charge in [-0.05, 0) is 30.0 Å². The third-order valence-corrected chi connectivity index (χ3v) is 2.94. The van der Waals surface area contributed by atoms with Gasteiger partial charge in [-0.25, -0.2) is 0 Å². The van der Waals surface area contributed by atoms with E-state index in [9.17, 15) is 0 Å². The van der Waals surface area contributed by atoms with Crippen molar-refractivity contribution in [2.24, 2.45) is 0 Å². The molecular weight excluding hydrogens is 224 g/mol. The minimum Gasteiger partial charge on any atom is -0.382 e. The Bertz CT molecular complexity index is 467. The van der Waals surface area contributed by atoms with Crippen molar-refractivity contribution in [1.29, 1.82) is 0 Å². The van der Waals surface area contributed by atoms with Crippen LogP contribution in [0.25, 0.3) is 0 Å². The molecule has 0 aliphatic carbocycles. The molecular formula is C14H18N4. The van der Waals surface area contributed by atoms with Gasteiger partial charge in [0.05, 0.1) is 0 Å². The number of nitrogens with one attached hydrogen (secondary N) is 1. The summed E-state index contributed by atoms with van der Waals surface area (Å²) in [6.07, 6.45) is 1.05. The van der Waals surface area contributed by atoms with Crippen LogP contribution in [0.1, 0.15) is 24.8 Å². The summed E-state index contributed by atoms with van der Waals surface area (Å²) in [5.41, 5.74) is 6.84. The van der Waals surface area contributed by atoms with Gasteiger partial charge in [0.1, 0.15) is 11.6 Å². The van der Waals surface area contributed by atoms with Crippen molar-refractivity contribution in [3.63, 3.8) is 0 Å². The lowest BCUT2D eigenvalue weighted by atomic mass is 9.98. The highest BCUT2D eigenvalue weighted by Gasteiger charge is 2.04. The molecule has 0 aliphatic heterocycles. The van der Waals surface area contributed by atoms with E-state index in [0.717, 1.165) is 18.8 Å². The monoisotopic (exact) mass is 242 g/mol. The molecule has 0 saturated carbocycles. The minimum atomic E-state index is 0.443. The zero-order valence-corrected chi connectivity index (χ0v) is 10.5. The molecule has 3 N–H and O–H groups in total. The molecule has 0 aliphatic rings. The fourth-order valence-corrected chi connectivity index (χ4v) is 1.80. The maximum Gasteiger partial charge on any atom is 0.148 e. The molecule has 0 saturated heterocycles. The van der Waals surface area contributed by atoms with Gasteiger partial charge in [0.15, 0.2) is 0 Å². The van der Waals surface area contributed by atoms with Crippen LogP contribution in [0, 0.1) is 0 Å². The highest BCUT2D eigenvalue weighted by molar-refractivity contribution is 5.38. The van der Waals surface area contributed by atoms with Crippen LogP contribution in [0.3, 0.4) is 0 Å². The van der Waals surface area contributed by atoms with E-state index in [0.29, 0.717) is 11.7 Å². The number of hydrogen-bond donors (Lipinski definition) is 2. The second kappa shape index (κ2) is 6.00. The predicted molar refractivity (Wildman–Crippen MR) is 74.4 cm³/mol. The molecule has 1 aromatic heterocycles. The SMILES string of the molecule is CC(CCNc1ccc(N)nn1)c1ccccc1. The average molecular weight is 242 g/mol. The van der Waals surface area contributed by atoms with Gasteiger partial charge in [0, 0.05) is 6.54 Å². The van der Waals surface area contributed by atoms with Crippen molar-refractivity contribution < 1.29 is 0 Å². The van der Waals surface area contributed by atoms with Crippen molar-refractivity contribution in [3.05, 3.63) is 48.0 Å². The molecule has 18 heavy (non-hydrogen) atoms. The van der Waals surface area contributed by atoms with E-state index in [4.69, 9.17) is 5.73 Å². The maximum absolute atomic E-state index is 5.48. The lowest BCUT2D eigenvalue weighted by molar-refractivity contribution is 0.704. The number of anilines is 2. The molecule has 94 valence electrons. The molecule has 0 radical (unpaired) electrons. The van der Waals surface area contributed by atoms with Crippen LogP contribution < -0.4 is 11.1 Å². The number of aromatic nitrogens is 2. The van der Waals surface area contributed by atoms with Gasteiger partial charge in [-0.3, -0.25) is 0 Å². The van der Waals surface area contributed by atoms with E-state index in [2.05, 4.69) is 46.7 Å². The van der Waals surface area contributed by atoms with Crippen LogP contribution in [0.2, 0.25) is 0 Å². The molecule has 2 aromatic rings. The van der Waals surface area contributed by atoms with E-state index in [-0.39, 0.29) is 0 Å². The fourth-order valence-electron chi connectivity index (χ4n) is 1.80. The van der Waals surface area contributed by atoms with Gasteiger partial charge in [0.2, 0.25) is 0 Å². The first kappa shape index (κ1) is 12.4. The largest absolute Gasteiger partial charge is 0.382 e. The fraction of sp³-hybridized carbons (Fsp3) is 0.286. The van der Waals surface area contributed by atoms with Gasteiger partial charge in [-0.1, -0.05) is 37.3 Å². The summed E-state index contributed by atoms with van der Waals surface area (Å²) in [6.45, 7) is 3.10. The van der Waals surface area contributed by atoms with Crippen LogP contribution in [-0.2, 0) is 0 Å². The van der Waals surface area contributed by atoms with Crippen LogP contribution in [-0.4, -0.2) is 16.7 Å². The molecule has 2 rings (SSSR count). The van der Waals surface area contributed by atoms with E-state index in [1.54, 1.807) is 6.07 Å². The second-order valence-corrected chi connectivity index (χ2v) is 4.37. The Hall–Kier alpha value is -2.10. The lowest BCUT2D eigenvalue weighted by Crippen LogP contribution is -2.08. The van der Waals surface area contributed by atoms with Gasteiger partial charge in [0.25, 0.3) is 0 Å². The third-order valence-electron chi connectivity index (χ3n) is 2.94. The smallest absolute Gasteiger partial charge is 0.148 e. The number of rotatable bonds is 5. The number of benzene rings is 1. The summed E-state index contributed by atoms with van der Waals surface area (Å²) in [7, 11) is 0. The van der Waals surface area contributed by atoms with Crippen molar-refractivity contribution in [3.8, 4) is 0 Å². The van der Waals surface area contributed by atoms with Crippen LogP contribution in [0.15, 0.2) is 42.5 Å². The summed E-state index contributed by atoms with van der Waals surface area (Å²) < 4.78 is 0. The zero-order chi connectivity index (χ0) is 12.8. The molecule has 1 atom stereocenters. The van der Waals surface area contributed by atoms with Crippen LogP contribution in [0.4, 0.5) is 11.6 Å². The minimum absolute atomic E-state index is 0.443. The summed E-state index contributed by atoms with van der Waals surface area (Å²) in [5.74, 6) is 1.74. The predicted octanol–water partition coefficient (Wildman–Crippen LogP) is 2.66. The zero-order valence-electron chi connectivity index (χ0n) is 10.5. The standard InChI is InChI=1S/C14H18N4/c1-11(12-5-3-2-4-6-12)9-10-16-14-8-7-13(15)17-18-14/h2-8,11H,9-10H2,1H3,(H2,15,17)(H,16,18). The van der Waals surface area contributed by atoms with E-state index < -0.39 is 0 Å². The van der Waals surface area contributed by atoms with Crippen LogP contribution >= 0.6 is 0 Å². The van der Waals surface area contributed by atoms with E-state index >= 15 is 0 Å². The number of nitrogens with two attached hydrogens (primary N) is 1. The third kappa shape index (κ3) is 3.45. The Labute approximate surface area is 107 Å². The summed E-state index contributed by atoms with van der Waals surface area (Å²) in [6, 6.07) is 14.1. The topological polar surface area (TPSA) is 63.8 Å². The first-order valence-corrected chi connectivity index (χ1v) is 6.14. The molecule has 0 fully saturated rings. The molecule has 4 nitrogen and oxygen atoms in total. The van der Waals surface area contributed by atoms with Crippen molar-refractivity contribution >= 4 is 11.6 Å². The Morgan fingerprint density at radius 3 is 2.56 bits per heavy atom. The summed E-state index contributed by atoms with van der Waals surface area (Å²) in [4.78, 5) is 0. The van der Waals surface area contributed by atoms with Gasteiger partial charge in [-0.15, -0.1) is 10.2 Å². The molecule has 1 aromatic carbocycles. The number of nitrogen functional groups attached to an aromatic ring is 1. The molecule has 4 heteroatoms. The molecule has 1 unspecified atom stereocenters. The highest BCUT2D eigenvalue weighted by Crippen LogP contribution is 2.18. The molecule has 0 amide bonds. The normalized spacial score (nSPS) is 12.1. The molecule has 1 heterocycles. The summed E-state index contributed by atoms with van der Waals surface area (Å²) >= 11 is 0. The van der Waals surface area contributed by atoms with Gasteiger partial charge < -0.3 is 11.1 Å². The number of nitrogens with zero attached hydrogens (tertiary/aromatic N) is 2. The Kier molecular flexibility index (Phi) is 4.12. The average Bonchev–Trinajstić information content (AvgIpc) is 2.42. The molecule has 0 bridgehead atoms. The quantitative estimate of drug-likeness (QED) is 0.846. The maximum atomic E-state index is 5.48. The van der Waals surface area contributed by atoms with Gasteiger partial charge in [-0.2, -0.15) is 0 Å². The first-order valence-electron chi connectivity index (χ1n) is 6.14. The second-order valence-electron chi connectivity index (χ2n) is 4.37.